The number of hydrogen-bond donors (Lipinski definition) is 2. The number of benzene rings is 2. The lowest BCUT2D eigenvalue weighted by Gasteiger charge is -2.36. The highest BCUT2D eigenvalue weighted by molar-refractivity contribution is 6.43. The van der Waals surface area contributed by atoms with Crippen LogP contribution in [0.15, 0.2) is 30.3 Å². The minimum absolute atomic E-state index is 0.0807. The van der Waals surface area contributed by atoms with Crippen LogP contribution in [-0.2, 0) is 0 Å². The standard InChI is InChI=1S/C21H24Cl3N3O3/c1-30-18-13-14(12-16(23)20(18)28)21(29)25-6-3-7-26-8-10-27(11-9-26)17-5-2-4-15(22)19(17)24/h2,4-5,12-13,28H,3,6-11H2,1H3,(H,25,29). The molecule has 0 bridgehead atoms. The van der Waals surface area contributed by atoms with Crippen molar-refractivity contribution >= 4 is 46.4 Å². The summed E-state index contributed by atoms with van der Waals surface area (Å²) in [5.74, 6) is -0.255. The van der Waals surface area contributed by atoms with Gasteiger partial charge in [0.25, 0.3) is 5.91 Å². The predicted octanol–water partition coefficient (Wildman–Crippen LogP) is 4.30. The third-order valence-electron chi connectivity index (χ3n) is 5.09. The number of phenolic OH excluding ortho intramolecular Hbond substituents is 1. The number of methoxy groups -OCH3 is 1. The van der Waals surface area contributed by atoms with Gasteiger partial charge in [-0.15, -0.1) is 0 Å². The number of amides is 1. The van der Waals surface area contributed by atoms with Gasteiger partial charge in [-0.2, -0.15) is 0 Å². The van der Waals surface area contributed by atoms with Crippen molar-refractivity contribution in [2.45, 2.75) is 6.42 Å². The van der Waals surface area contributed by atoms with Gasteiger partial charge in [0.1, 0.15) is 0 Å². The Balaban J connectivity index is 1.42. The lowest BCUT2D eigenvalue weighted by Crippen LogP contribution is -2.47. The van der Waals surface area contributed by atoms with Gasteiger partial charge in [0.05, 0.1) is 27.9 Å². The molecule has 1 amide bonds. The summed E-state index contributed by atoms with van der Waals surface area (Å²) in [6.07, 6.45) is 0.826. The molecule has 0 radical (unpaired) electrons. The second kappa shape index (κ2) is 10.4. The fraction of sp³-hybridized carbons (Fsp3) is 0.381. The molecule has 0 aromatic heterocycles. The monoisotopic (exact) mass is 471 g/mol. The fourth-order valence-electron chi connectivity index (χ4n) is 3.42. The van der Waals surface area contributed by atoms with E-state index in [9.17, 15) is 9.90 Å². The number of phenols is 1. The lowest BCUT2D eigenvalue weighted by atomic mass is 10.2. The van der Waals surface area contributed by atoms with E-state index in [1.54, 1.807) is 6.07 Å². The van der Waals surface area contributed by atoms with Crippen molar-refractivity contribution < 1.29 is 14.6 Å². The molecular weight excluding hydrogens is 449 g/mol. The summed E-state index contributed by atoms with van der Waals surface area (Å²) in [7, 11) is 1.41. The lowest BCUT2D eigenvalue weighted by molar-refractivity contribution is 0.0951. The maximum atomic E-state index is 12.3. The zero-order valence-electron chi connectivity index (χ0n) is 16.6. The van der Waals surface area contributed by atoms with Crippen molar-refractivity contribution in [2.24, 2.45) is 0 Å². The highest BCUT2D eigenvalue weighted by atomic mass is 35.5. The average Bonchev–Trinajstić information content (AvgIpc) is 2.75. The number of piperazine rings is 1. The first kappa shape index (κ1) is 22.8. The second-order valence-corrected chi connectivity index (χ2v) is 8.21. The molecule has 0 aliphatic carbocycles. The van der Waals surface area contributed by atoms with Crippen LogP contribution < -0.4 is 15.0 Å². The van der Waals surface area contributed by atoms with Crippen molar-refractivity contribution in [3.05, 3.63) is 51.0 Å². The van der Waals surface area contributed by atoms with Crippen molar-refractivity contribution in [3.63, 3.8) is 0 Å². The number of nitrogens with one attached hydrogen (secondary N) is 1. The van der Waals surface area contributed by atoms with E-state index >= 15 is 0 Å². The van der Waals surface area contributed by atoms with Crippen LogP contribution in [0.25, 0.3) is 0 Å². The van der Waals surface area contributed by atoms with E-state index in [0.29, 0.717) is 22.2 Å². The summed E-state index contributed by atoms with van der Waals surface area (Å²) >= 11 is 18.4. The SMILES string of the molecule is COc1cc(C(=O)NCCCN2CCN(c3cccc(Cl)c3Cl)CC2)cc(Cl)c1O. The second-order valence-electron chi connectivity index (χ2n) is 7.02. The molecule has 2 aromatic rings. The third kappa shape index (κ3) is 5.43. The number of rotatable bonds is 7. The molecule has 9 heteroatoms. The Kier molecular flexibility index (Phi) is 7.94. The zero-order valence-corrected chi connectivity index (χ0v) is 18.9. The number of anilines is 1. The van der Waals surface area contributed by atoms with Crippen molar-refractivity contribution in [2.75, 3.05) is 51.3 Å². The third-order valence-corrected chi connectivity index (χ3v) is 6.19. The van der Waals surface area contributed by atoms with Gasteiger partial charge in [-0.25, -0.2) is 0 Å². The van der Waals surface area contributed by atoms with E-state index in [-0.39, 0.29) is 22.4 Å². The topological polar surface area (TPSA) is 65.0 Å². The molecule has 6 nitrogen and oxygen atoms in total. The van der Waals surface area contributed by atoms with Gasteiger partial charge in [0.2, 0.25) is 0 Å². The van der Waals surface area contributed by atoms with Crippen LogP contribution in [0.3, 0.4) is 0 Å². The van der Waals surface area contributed by atoms with Gasteiger partial charge in [-0.05, 0) is 37.2 Å². The van der Waals surface area contributed by atoms with E-state index in [2.05, 4.69) is 15.1 Å². The van der Waals surface area contributed by atoms with Crippen LogP contribution in [0.2, 0.25) is 15.1 Å². The molecule has 2 N–H and O–H groups in total. The maximum absolute atomic E-state index is 12.3. The van der Waals surface area contributed by atoms with Crippen LogP contribution in [0, 0.1) is 0 Å². The Labute approximate surface area is 191 Å². The van der Waals surface area contributed by atoms with Crippen molar-refractivity contribution in [3.8, 4) is 11.5 Å². The molecule has 3 rings (SSSR count). The molecule has 30 heavy (non-hydrogen) atoms. The van der Waals surface area contributed by atoms with Gasteiger partial charge in [-0.1, -0.05) is 40.9 Å². The number of ether oxygens (including phenoxy) is 1. The van der Waals surface area contributed by atoms with Gasteiger partial charge < -0.3 is 20.1 Å². The van der Waals surface area contributed by atoms with Gasteiger partial charge in [0.15, 0.2) is 11.5 Å². The van der Waals surface area contributed by atoms with Crippen LogP contribution in [-0.4, -0.2) is 62.3 Å². The number of carbonyl (C=O) groups is 1. The van der Waals surface area contributed by atoms with E-state index < -0.39 is 0 Å². The molecule has 1 fully saturated rings. The Hall–Kier alpha value is -1.86. The molecule has 0 spiro atoms. The summed E-state index contributed by atoms with van der Waals surface area (Å²) in [5.41, 5.74) is 1.32. The molecule has 1 heterocycles. The minimum Gasteiger partial charge on any atom is -0.503 e. The van der Waals surface area contributed by atoms with E-state index in [1.165, 1.54) is 19.2 Å². The van der Waals surface area contributed by atoms with Crippen molar-refractivity contribution in [1.29, 1.82) is 0 Å². The Morgan fingerprint density at radius 1 is 1.13 bits per heavy atom. The van der Waals surface area contributed by atoms with Gasteiger partial charge in [-0.3, -0.25) is 9.69 Å². The first-order chi connectivity index (χ1) is 14.4. The summed E-state index contributed by atoms with van der Waals surface area (Å²) in [5, 5.41) is 13.9. The maximum Gasteiger partial charge on any atom is 0.251 e. The molecule has 2 aromatic carbocycles. The molecule has 1 aliphatic heterocycles. The molecular formula is C21H24Cl3N3O3. The van der Waals surface area contributed by atoms with Gasteiger partial charge >= 0.3 is 0 Å². The van der Waals surface area contributed by atoms with Crippen LogP contribution in [0.4, 0.5) is 5.69 Å². The summed E-state index contributed by atoms with van der Waals surface area (Å²) in [6.45, 7) is 5.01. The van der Waals surface area contributed by atoms with Crippen LogP contribution in [0.5, 0.6) is 11.5 Å². The summed E-state index contributed by atoms with van der Waals surface area (Å²) in [4.78, 5) is 16.9. The van der Waals surface area contributed by atoms with Gasteiger partial charge in [0, 0.05) is 38.3 Å². The predicted molar refractivity (Wildman–Crippen MR) is 122 cm³/mol. The van der Waals surface area contributed by atoms with Crippen molar-refractivity contribution in [1.82, 2.24) is 10.2 Å². The summed E-state index contributed by atoms with van der Waals surface area (Å²) < 4.78 is 5.04. The quantitative estimate of drug-likeness (QED) is 0.588. The molecule has 0 saturated carbocycles. The fourth-order valence-corrected chi connectivity index (χ4v) is 4.04. The number of aromatic hydroxyl groups is 1. The Morgan fingerprint density at radius 3 is 2.57 bits per heavy atom. The largest absolute Gasteiger partial charge is 0.503 e. The summed E-state index contributed by atoms with van der Waals surface area (Å²) in [6, 6.07) is 8.59. The zero-order chi connectivity index (χ0) is 21.7. The molecule has 162 valence electrons. The number of halogens is 3. The van der Waals surface area contributed by atoms with Crippen LogP contribution in [0.1, 0.15) is 16.8 Å². The number of hydrogen-bond acceptors (Lipinski definition) is 5. The highest BCUT2D eigenvalue weighted by Gasteiger charge is 2.19. The Morgan fingerprint density at radius 2 is 1.87 bits per heavy atom. The minimum atomic E-state index is -0.254. The first-order valence-electron chi connectivity index (χ1n) is 9.66. The average molecular weight is 473 g/mol. The van der Waals surface area contributed by atoms with E-state index in [4.69, 9.17) is 39.5 Å². The molecule has 1 aliphatic rings. The number of nitrogens with zero attached hydrogens (tertiary/aromatic N) is 2. The smallest absolute Gasteiger partial charge is 0.251 e. The van der Waals surface area contributed by atoms with E-state index in [1.807, 2.05) is 12.1 Å². The molecule has 1 saturated heterocycles. The molecule has 0 unspecified atom stereocenters. The normalized spacial score (nSPS) is 14.6. The van der Waals surface area contributed by atoms with Crippen LogP contribution >= 0.6 is 34.8 Å². The highest BCUT2D eigenvalue weighted by Crippen LogP contribution is 2.35. The number of carbonyl (C=O) groups excluding carboxylic acids is 1. The Bertz CT molecular complexity index is 903. The van der Waals surface area contributed by atoms with E-state index in [0.717, 1.165) is 44.8 Å². The first-order valence-corrected chi connectivity index (χ1v) is 10.8. The molecule has 0 atom stereocenters.